The fourth-order valence-electron chi connectivity index (χ4n) is 4.52. The van der Waals surface area contributed by atoms with Gasteiger partial charge in [-0.1, -0.05) is 36.8 Å². The summed E-state index contributed by atoms with van der Waals surface area (Å²) >= 11 is 0. The monoisotopic (exact) mass is 513 g/mol. The summed E-state index contributed by atoms with van der Waals surface area (Å²) in [4.78, 5) is 10.3. The van der Waals surface area contributed by atoms with Crippen LogP contribution in [0.3, 0.4) is 0 Å². The van der Waals surface area contributed by atoms with Gasteiger partial charge in [0.15, 0.2) is 5.96 Å². The molecule has 6 heteroatoms. The molecule has 0 radical (unpaired) electrons. The van der Waals surface area contributed by atoms with Gasteiger partial charge in [-0.3, -0.25) is 9.89 Å². The number of likely N-dealkylation sites (tertiary alicyclic amines) is 2. The summed E-state index contributed by atoms with van der Waals surface area (Å²) < 4.78 is 0. The van der Waals surface area contributed by atoms with E-state index >= 15 is 0 Å². The first-order valence-corrected chi connectivity index (χ1v) is 11.2. The first-order chi connectivity index (χ1) is 13.7. The zero-order chi connectivity index (χ0) is 19.7. The van der Waals surface area contributed by atoms with E-state index in [0.29, 0.717) is 0 Å². The predicted molar refractivity (Wildman–Crippen MR) is 134 cm³/mol. The molecule has 0 unspecified atom stereocenters. The maximum Gasteiger partial charge on any atom is 0.191 e. The van der Waals surface area contributed by atoms with Gasteiger partial charge in [-0.2, -0.15) is 0 Å². The number of piperidine rings is 2. The lowest BCUT2D eigenvalue weighted by atomic mass is 9.84. The fraction of sp³-hybridized carbons (Fsp3) is 0.696. The minimum absolute atomic E-state index is 0. The smallest absolute Gasteiger partial charge is 0.191 e. The Bertz CT molecular complexity index is 593. The number of hydrogen-bond donors (Lipinski definition) is 2. The second kappa shape index (κ2) is 12.7. The summed E-state index contributed by atoms with van der Waals surface area (Å²) in [5.41, 5.74) is 1.61. The third-order valence-corrected chi connectivity index (χ3v) is 6.37. The molecule has 2 N–H and O–H groups in total. The summed E-state index contributed by atoms with van der Waals surface area (Å²) in [6.07, 6.45) is 7.56. The van der Waals surface area contributed by atoms with Crippen LogP contribution in [0.1, 0.15) is 44.6 Å². The van der Waals surface area contributed by atoms with Crippen molar-refractivity contribution in [2.45, 2.75) is 51.0 Å². The number of halogens is 1. The largest absolute Gasteiger partial charge is 0.357 e. The van der Waals surface area contributed by atoms with Gasteiger partial charge in [0.2, 0.25) is 0 Å². The average molecular weight is 514 g/mol. The van der Waals surface area contributed by atoms with Crippen LogP contribution in [-0.4, -0.2) is 74.2 Å². The van der Waals surface area contributed by atoms with Gasteiger partial charge >= 0.3 is 0 Å². The summed E-state index contributed by atoms with van der Waals surface area (Å²) in [5, 5.41) is 6.99. The lowest BCUT2D eigenvalue weighted by Crippen LogP contribution is -2.58. The van der Waals surface area contributed by atoms with Crippen molar-refractivity contribution in [3.05, 3.63) is 35.9 Å². The van der Waals surface area contributed by atoms with Crippen molar-refractivity contribution in [1.29, 1.82) is 0 Å². The van der Waals surface area contributed by atoms with Gasteiger partial charge in [0.1, 0.15) is 0 Å². The third kappa shape index (κ3) is 7.40. The van der Waals surface area contributed by atoms with E-state index in [9.17, 15) is 0 Å². The van der Waals surface area contributed by atoms with Crippen molar-refractivity contribution in [2.75, 3.05) is 52.9 Å². The van der Waals surface area contributed by atoms with Crippen LogP contribution < -0.4 is 10.6 Å². The molecule has 2 aliphatic rings. The highest BCUT2D eigenvalue weighted by atomic mass is 127. The van der Waals surface area contributed by atoms with Gasteiger partial charge in [0, 0.05) is 18.6 Å². The molecule has 0 amide bonds. The Balaban J connectivity index is 0.00000300. The Kier molecular flexibility index (Phi) is 10.7. The van der Waals surface area contributed by atoms with Crippen LogP contribution >= 0.6 is 24.0 Å². The lowest BCUT2D eigenvalue weighted by Gasteiger charge is -2.49. The molecule has 0 aromatic heterocycles. The van der Waals surface area contributed by atoms with Crippen molar-refractivity contribution in [1.82, 2.24) is 20.4 Å². The van der Waals surface area contributed by atoms with Crippen molar-refractivity contribution in [2.24, 2.45) is 4.99 Å². The second-order valence-electron chi connectivity index (χ2n) is 8.43. The molecule has 3 rings (SSSR count). The van der Waals surface area contributed by atoms with Crippen LogP contribution in [0, 0.1) is 0 Å². The molecule has 0 atom stereocenters. The summed E-state index contributed by atoms with van der Waals surface area (Å²) in [6.45, 7) is 9.72. The summed E-state index contributed by atoms with van der Waals surface area (Å²) in [5.74, 6) is 0.966. The number of aliphatic imine (C=N–C) groups is 1. The number of benzene rings is 1. The topological polar surface area (TPSA) is 42.9 Å². The van der Waals surface area contributed by atoms with Crippen LogP contribution in [0.15, 0.2) is 35.3 Å². The van der Waals surface area contributed by atoms with Gasteiger partial charge in [0.05, 0.1) is 6.54 Å². The summed E-state index contributed by atoms with van der Waals surface area (Å²) in [6, 6.07) is 10.7. The van der Waals surface area contributed by atoms with E-state index in [1.54, 1.807) is 0 Å². The molecule has 0 spiro atoms. The number of nitrogens with one attached hydrogen (secondary N) is 2. The van der Waals surface area contributed by atoms with Crippen LogP contribution in [0.4, 0.5) is 0 Å². The Morgan fingerprint density at radius 3 is 2.34 bits per heavy atom. The van der Waals surface area contributed by atoms with Crippen LogP contribution in [0.5, 0.6) is 0 Å². The molecule has 1 aromatic carbocycles. The number of rotatable bonds is 7. The fourth-order valence-corrected chi connectivity index (χ4v) is 4.52. The van der Waals surface area contributed by atoms with Crippen molar-refractivity contribution in [3.8, 4) is 0 Å². The van der Waals surface area contributed by atoms with Crippen molar-refractivity contribution < 1.29 is 0 Å². The van der Waals surface area contributed by atoms with Crippen LogP contribution in [0.2, 0.25) is 0 Å². The van der Waals surface area contributed by atoms with Gasteiger partial charge in [-0.05, 0) is 77.8 Å². The predicted octanol–water partition coefficient (Wildman–Crippen LogP) is 3.35. The SMILES string of the molecule is CCNC(=NCC1(N2CCCCC2)CCN(C)CC1)NCCc1ccccc1.I. The maximum atomic E-state index is 5.07. The minimum atomic E-state index is 0. The number of nitrogens with zero attached hydrogens (tertiary/aromatic N) is 3. The maximum absolute atomic E-state index is 5.07. The highest BCUT2D eigenvalue weighted by Crippen LogP contribution is 2.31. The zero-order valence-corrected chi connectivity index (χ0v) is 20.7. The average Bonchev–Trinajstić information content (AvgIpc) is 2.75. The van der Waals surface area contributed by atoms with Gasteiger partial charge < -0.3 is 15.5 Å². The molecule has 164 valence electrons. The van der Waals surface area contributed by atoms with Gasteiger partial charge in [0.25, 0.3) is 0 Å². The Morgan fingerprint density at radius 2 is 1.69 bits per heavy atom. The lowest BCUT2D eigenvalue weighted by molar-refractivity contribution is 0.0208. The van der Waals surface area contributed by atoms with E-state index in [-0.39, 0.29) is 29.5 Å². The molecular formula is C23H40IN5. The molecule has 0 saturated carbocycles. The molecule has 2 aliphatic heterocycles. The van der Waals surface area contributed by atoms with Gasteiger partial charge in [-0.25, -0.2) is 0 Å². The molecule has 2 heterocycles. The Hall–Kier alpha value is -0.860. The quantitative estimate of drug-likeness (QED) is 0.334. The third-order valence-electron chi connectivity index (χ3n) is 6.37. The van der Waals surface area contributed by atoms with Gasteiger partial charge in [-0.15, -0.1) is 24.0 Å². The summed E-state index contributed by atoms with van der Waals surface area (Å²) in [7, 11) is 2.25. The van der Waals surface area contributed by atoms with E-state index in [0.717, 1.165) is 32.0 Å². The van der Waals surface area contributed by atoms with Crippen LogP contribution in [-0.2, 0) is 6.42 Å². The molecule has 0 aliphatic carbocycles. The Labute approximate surface area is 194 Å². The normalized spacial score (nSPS) is 20.7. The second-order valence-corrected chi connectivity index (χ2v) is 8.43. The van der Waals surface area contributed by atoms with Crippen molar-refractivity contribution in [3.63, 3.8) is 0 Å². The molecule has 5 nitrogen and oxygen atoms in total. The van der Waals surface area contributed by atoms with E-state index in [2.05, 4.69) is 64.7 Å². The van der Waals surface area contributed by atoms with E-state index in [1.165, 1.54) is 63.8 Å². The zero-order valence-electron chi connectivity index (χ0n) is 18.3. The number of hydrogen-bond acceptors (Lipinski definition) is 3. The molecule has 1 aromatic rings. The first kappa shape index (κ1) is 24.4. The first-order valence-electron chi connectivity index (χ1n) is 11.2. The Morgan fingerprint density at radius 1 is 1.00 bits per heavy atom. The minimum Gasteiger partial charge on any atom is -0.357 e. The van der Waals surface area contributed by atoms with Crippen LogP contribution in [0.25, 0.3) is 0 Å². The standard InChI is InChI=1S/C23H39N5.HI/c1-3-24-22(25-15-12-21-10-6-4-7-11-21)26-20-23(13-18-27(2)19-14-23)28-16-8-5-9-17-28;/h4,6-7,10-11H,3,5,8-9,12-20H2,1-2H3,(H2,24,25,26);1H. The molecule has 2 saturated heterocycles. The van der Waals surface area contributed by atoms with Crippen molar-refractivity contribution >= 4 is 29.9 Å². The van der Waals surface area contributed by atoms with E-state index in [4.69, 9.17) is 4.99 Å². The highest BCUT2D eigenvalue weighted by molar-refractivity contribution is 14.0. The molecular weight excluding hydrogens is 473 g/mol. The molecule has 0 bridgehead atoms. The molecule has 2 fully saturated rings. The highest BCUT2D eigenvalue weighted by Gasteiger charge is 2.39. The molecule has 29 heavy (non-hydrogen) atoms. The van der Waals surface area contributed by atoms with E-state index < -0.39 is 0 Å². The number of guanidine groups is 1. The van der Waals surface area contributed by atoms with E-state index in [1.807, 2.05) is 0 Å².